The summed E-state index contributed by atoms with van der Waals surface area (Å²) in [6.45, 7) is 5.90. The van der Waals surface area contributed by atoms with Crippen molar-refractivity contribution in [2.24, 2.45) is 0 Å². The van der Waals surface area contributed by atoms with Gasteiger partial charge in [0, 0.05) is 36.2 Å². The molecule has 0 spiro atoms. The summed E-state index contributed by atoms with van der Waals surface area (Å²) < 4.78 is 2.07. The van der Waals surface area contributed by atoms with Gasteiger partial charge in [0.05, 0.1) is 0 Å². The second-order valence-electron chi connectivity index (χ2n) is 6.61. The number of hydrogen-bond donors (Lipinski definition) is 0. The lowest BCUT2D eigenvalue weighted by Crippen LogP contribution is -2.52. The molecule has 27 heavy (non-hydrogen) atoms. The number of thiocarbonyl (C=S) groups is 1. The molecule has 1 aromatic carbocycles. The molecule has 1 saturated heterocycles. The molecule has 2 aromatic rings. The third-order valence-corrected chi connectivity index (χ3v) is 5.85. The summed E-state index contributed by atoms with van der Waals surface area (Å²) in [6, 6.07) is 7.71. The molecule has 0 radical (unpaired) electrons. The molecular weight excluding hydrogens is 382 g/mol. The molecule has 1 fully saturated rings. The summed E-state index contributed by atoms with van der Waals surface area (Å²) in [5, 5.41) is 0.886. The quantitative estimate of drug-likeness (QED) is 0.438. The van der Waals surface area contributed by atoms with Crippen molar-refractivity contribution >= 4 is 46.8 Å². The normalized spacial score (nSPS) is 15.0. The molecule has 0 atom stereocenters. The number of carbonyl (C=O) groups excluding carboxylic acids is 2. The Morgan fingerprint density at radius 3 is 2.22 bits per heavy atom. The molecule has 7 heteroatoms. The lowest BCUT2D eigenvalue weighted by Gasteiger charge is -2.31. The van der Waals surface area contributed by atoms with Crippen LogP contribution in [0.4, 0.5) is 0 Å². The van der Waals surface area contributed by atoms with E-state index in [9.17, 15) is 9.59 Å². The van der Waals surface area contributed by atoms with Crippen LogP contribution in [0.2, 0.25) is 5.02 Å². The zero-order valence-corrected chi connectivity index (χ0v) is 17.4. The molecule has 3 rings (SSSR count). The third-order valence-electron chi connectivity index (χ3n) is 4.89. The topological polar surface area (TPSA) is 45.6 Å². The van der Waals surface area contributed by atoms with Gasteiger partial charge in [-0.3, -0.25) is 19.4 Å². The second kappa shape index (κ2) is 6.94. The van der Waals surface area contributed by atoms with Crippen molar-refractivity contribution in [2.75, 3.05) is 14.1 Å². The van der Waals surface area contributed by atoms with E-state index in [4.69, 9.17) is 23.8 Å². The van der Waals surface area contributed by atoms with Crippen LogP contribution in [0.15, 0.2) is 29.8 Å². The molecule has 0 unspecified atom stereocenters. The number of carbonyl (C=O) groups is 2. The molecule has 5 nitrogen and oxygen atoms in total. The fourth-order valence-corrected chi connectivity index (χ4v) is 3.61. The van der Waals surface area contributed by atoms with E-state index in [0.29, 0.717) is 5.02 Å². The number of likely N-dealkylation sites (N-methyl/N-ethyl adjacent to an activating group) is 2. The van der Waals surface area contributed by atoms with Gasteiger partial charge in [0.1, 0.15) is 5.57 Å². The Hall–Kier alpha value is -2.44. The molecule has 1 aliphatic heterocycles. The second-order valence-corrected chi connectivity index (χ2v) is 7.39. The maximum absolute atomic E-state index is 12.6. The first kappa shape index (κ1) is 19.3. The number of nitrogens with zero attached hydrogens (tertiary/aromatic N) is 3. The van der Waals surface area contributed by atoms with Crippen molar-refractivity contribution in [3.63, 3.8) is 0 Å². The number of benzene rings is 1. The van der Waals surface area contributed by atoms with Crippen LogP contribution in [0.3, 0.4) is 0 Å². The zero-order valence-electron chi connectivity index (χ0n) is 15.8. The van der Waals surface area contributed by atoms with Crippen LogP contribution < -0.4 is 0 Å². The van der Waals surface area contributed by atoms with Crippen LogP contribution in [-0.4, -0.2) is 45.4 Å². The monoisotopic (exact) mass is 401 g/mol. The molecule has 140 valence electrons. The number of aryl methyl sites for hydroxylation is 1. The minimum absolute atomic E-state index is 0.0941. The molecule has 0 N–H and O–H groups in total. The summed E-state index contributed by atoms with van der Waals surface area (Å²) in [6.07, 6.45) is 1.64. The fraction of sp³-hybridized carbons (Fsp3) is 0.250. The van der Waals surface area contributed by atoms with Gasteiger partial charge in [-0.15, -0.1) is 0 Å². The van der Waals surface area contributed by atoms with Gasteiger partial charge in [-0.05, 0) is 68.4 Å². The molecule has 2 heterocycles. The van der Waals surface area contributed by atoms with Crippen LogP contribution in [0.25, 0.3) is 11.8 Å². The summed E-state index contributed by atoms with van der Waals surface area (Å²) >= 11 is 11.4. The largest absolute Gasteiger partial charge is 0.318 e. The van der Waals surface area contributed by atoms with E-state index in [-0.39, 0.29) is 10.7 Å². The Morgan fingerprint density at radius 2 is 1.63 bits per heavy atom. The van der Waals surface area contributed by atoms with Gasteiger partial charge in [-0.1, -0.05) is 17.7 Å². The van der Waals surface area contributed by atoms with Crippen molar-refractivity contribution in [1.29, 1.82) is 0 Å². The van der Waals surface area contributed by atoms with Crippen molar-refractivity contribution < 1.29 is 9.59 Å². The van der Waals surface area contributed by atoms with Crippen LogP contribution in [-0.2, 0) is 9.59 Å². The fourth-order valence-electron chi connectivity index (χ4n) is 3.27. The summed E-state index contributed by atoms with van der Waals surface area (Å²) in [7, 11) is 3.14. The smallest absolute Gasteiger partial charge is 0.265 e. The van der Waals surface area contributed by atoms with E-state index >= 15 is 0 Å². The number of amides is 2. The van der Waals surface area contributed by atoms with E-state index in [2.05, 4.69) is 4.57 Å². The first-order chi connectivity index (χ1) is 12.6. The highest BCUT2D eigenvalue weighted by Crippen LogP contribution is 2.29. The Balaban J connectivity index is 2.14. The first-order valence-electron chi connectivity index (χ1n) is 8.41. The molecule has 0 aliphatic carbocycles. The maximum Gasteiger partial charge on any atom is 0.265 e. The third kappa shape index (κ3) is 3.09. The minimum atomic E-state index is -0.396. The van der Waals surface area contributed by atoms with Crippen LogP contribution in [0.1, 0.15) is 22.5 Å². The molecular formula is C20H20ClN3O2S. The summed E-state index contributed by atoms with van der Waals surface area (Å²) in [4.78, 5) is 27.7. The van der Waals surface area contributed by atoms with Crippen LogP contribution in [0, 0.1) is 20.8 Å². The Kier molecular flexibility index (Phi) is 4.97. The van der Waals surface area contributed by atoms with Gasteiger partial charge in [0.15, 0.2) is 5.11 Å². The Morgan fingerprint density at radius 1 is 1.04 bits per heavy atom. The van der Waals surface area contributed by atoms with E-state index in [1.807, 2.05) is 45.0 Å². The average molecular weight is 402 g/mol. The highest BCUT2D eigenvalue weighted by atomic mass is 35.5. The van der Waals surface area contributed by atoms with Gasteiger partial charge in [-0.2, -0.15) is 0 Å². The SMILES string of the molecule is Cc1c(Cl)cccc1-n1c(C)cc(C=C2C(=O)N(C)C(=S)N(C)C2=O)c1C. The molecule has 0 saturated carbocycles. The van der Waals surface area contributed by atoms with Crippen molar-refractivity contribution in [3.8, 4) is 5.69 Å². The predicted octanol–water partition coefficient (Wildman–Crippen LogP) is 3.65. The van der Waals surface area contributed by atoms with Gasteiger partial charge < -0.3 is 4.57 Å². The van der Waals surface area contributed by atoms with Gasteiger partial charge >= 0.3 is 0 Å². The standard InChI is InChI=1S/C20H20ClN3O2S/c1-11-9-14(10-15-18(25)22(4)20(27)23(5)19(15)26)13(3)24(11)17-8-6-7-16(21)12(17)2/h6-10H,1-5H3. The van der Waals surface area contributed by atoms with Crippen LogP contribution >= 0.6 is 23.8 Å². The van der Waals surface area contributed by atoms with E-state index in [1.54, 1.807) is 20.2 Å². The van der Waals surface area contributed by atoms with Gasteiger partial charge in [0.25, 0.3) is 11.8 Å². The van der Waals surface area contributed by atoms with Crippen molar-refractivity contribution in [3.05, 3.63) is 57.4 Å². The molecule has 2 amide bonds. The van der Waals surface area contributed by atoms with Crippen molar-refractivity contribution in [1.82, 2.24) is 14.4 Å². The highest BCUT2D eigenvalue weighted by molar-refractivity contribution is 7.80. The van der Waals surface area contributed by atoms with E-state index < -0.39 is 11.8 Å². The van der Waals surface area contributed by atoms with Crippen LogP contribution in [0.5, 0.6) is 0 Å². The number of halogens is 1. The first-order valence-corrected chi connectivity index (χ1v) is 9.20. The Bertz CT molecular complexity index is 996. The summed E-state index contributed by atoms with van der Waals surface area (Å²) in [5.41, 5.74) is 4.74. The number of hydrogen-bond acceptors (Lipinski definition) is 3. The average Bonchev–Trinajstić information content (AvgIpc) is 2.91. The number of rotatable bonds is 2. The van der Waals surface area contributed by atoms with E-state index in [0.717, 1.165) is 28.2 Å². The lowest BCUT2D eigenvalue weighted by molar-refractivity contribution is -0.132. The number of aromatic nitrogens is 1. The summed E-state index contributed by atoms with van der Waals surface area (Å²) in [5.74, 6) is -0.793. The van der Waals surface area contributed by atoms with E-state index in [1.165, 1.54) is 9.80 Å². The Labute approximate surface area is 168 Å². The minimum Gasteiger partial charge on any atom is -0.318 e. The van der Waals surface area contributed by atoms with Crippen molar-refractivity contribution in [2.45, 2.75) is 20.8 Å². The molecule has 1 aliphatic rings. The maximum atomic E-state index is 12.6. The zero-order chi connectivity index (χ0) is 20.0. The molecule has 1 aromatic heterocycles. The van der Waals surface area contributed by atoms with Gasteiger partial charge in [-0.25, -0.2) is 0 Å². The molecule has 0 bridgehead atoms. The predicted molar refractivity (Wildman–Crippen MR) is 111 cm³/mol. The lowest BCUT2D eigenvalue weighted by atomic mass is 10.1. The van der Waals surface area contributed by atoms with Gasteiger partial charge in [0.2, 0.25) is 0 Å². The highest BCUT2D eigenvalue weighted by Gasteiger charge is 2.35.